The van der Waals surface area contributed by atoms with Crippen molar-refractivity contribution in [3.8, 4) is 39.1 Å². The lowest BCUT2D eigenvalue weighted by Crippen LogP contribution is -2.16. The first-order valence-electron chi connectivity index (χ1n) is 19.8. The van der Waals surface area contributed by atoms with Gasteiger partial charge < -0.3 is 9.47 Å². The molecule has 10 aromatic rings. The summed E-state index contributed by atoms with van der Waals surface area (Å²) in [4.78, 5) is 2.41. The van der Waals surface area contributed by atoms with Gasteiger partial charge in [-0.1, -0.05) is 159 Å². The predicted octanol–water partition coefficient (Wildman–Crippen LogP) is 15.0. The molecule has 0 radical (unpaired) electrons. The molecular formula is C55H40N2. The largest absolute Gasteiger partial charge is 0.310 e. The van der Waals surface area contributed by atoms with Crippen LogP contribution in [-0.2, 0) is 5.41 Å². The predicted molar refractivity (Wildman–Crippen MR) is 241 cm³/mol. The van der Waals surface area contributed by atoms with Crippen molar-refractivity contribution in [2.75, 3.05) is 4.90 Å². The highest BCUT2D eigenvalue weighted by molar-refractivity contribution is 6.10. The van der Waals surface area contributed by atoms with Gasteiger partial charge in [0.1, 0.15) is 0 Å². The Bertz CT molecular complexity index is 3130. The molecule has 0 saturated carbocycles. The van der Waals surface area contributed by atoms with Gasteiger partial charge >= 0.3 is 0 Å². The molecule has 1 aliphatic carbocycles. The van der Waals surface area contributed by atoms with Crippen LogP contribution in [0, 0.1) is 0 Å². The van der Waals surface area contributed by atoms with Gasteiger partial charge in [0.15, 0.2) is 0 Å². The molecule has 1 aliphatic rings. The van der Waals surface area contributed by atoms with Crippen LogP contribution in [0.25, 0.3) is 71.6 Å². The van der Waals surface area contributed by atoms with Crippen molar-refractivity contribution in [2.45, 2.75) is 19.3 Å². The molecule has 0 atom stereocenters. The Morgan fingerprint density at radius 3 is 1.74 bits per heavy atom. The molecule has 1 aromatic heterocycles. The second kappa shape index (κ2) is 13.0. The van der Waals surface area contributed by atoms with E-state index in [2.05, 4.69) is 230 Å². The fourth-order valence-corrected chi connectivity index (χ4v) is 9.26. The Labute approximate surface area is 333 Å². The lowest BCUT2D eigenvalue weighted by atomic mass is 9.82. The average molecular weight is 729 g/mol. The summed E-state index contributed by atoms with van der Waals surface area (Å²) in [5.41, 5.74) is 17.2. The Morgan fingerprint density at radius 2 is 0.930 bits per heavy atom. The SMILES string of the molecule is CC1(C)c2ccccc2-c2ccc(N(c3ccc(-c4ccc(-c5ccc6c7ccccc7n(-c7ccccc7)c6c5)cc4)cc3)c3ccc4ccccc4c3)cc21. The van der Waals surface area contributed by atoms with E-state index in [0.717, 1.165) is 17.1 Å². The summed E-state index contributed by atoms with van der Waals surface area (Å²) in [6.07, 6.45) is 0. The Morgan fingerprint density at radius 1 is 0.368 bits per heavy atom. The monoisotopic (exact) mass is 728 g/mol. The van der Waals surface area contributed by atoms with Crippen molar-refractivity contribution in [3.05, 3.63) is 217 Å². The fraction of sp³-hybridized carbons (Fsp3) is 0.0545. The van der Waals surface area contributed by atoms with Crippen LogP contribution in [-0.4, -0.2) is 4.57 Å². The molecule has 0 spiro atoms. The molecule has 57 heavy (non-hydrogen) atoms. The highest BCUT2D eigenvalue weighted by Gasteiger charge is 2.35. The minimum atomic E-state index is -0.0842. The third kappa shape index (κ3) is 5.40. The van der Waals surface area contributed by atoms with E-state index in [1.54, 1.807) is 0 Å². The number of fused-ring (bicyclic) bond motifs is 7. The summed E-state index contributed by atoms with van der Waals surface area (Å²) in [6, 6.07) is 75.6. The molecular weight excluding hydrogens is 689 g/mol. The topological polar surface area (TPSA) is 8.17 Å². The van der Waals surface area contributed by atoms with Crippen molar-refractivity contribution in [2.24, 2.45) is 0 Å². The van der Waals surface area contributed by atoms with E-state index in [0.29, 0.717) is 0 Å². The summed E-state index contributed by atoms with van der Waals surface area (Å²) in [5.74, 6) is 0. The van der Waals surface area contributed by atoms with Crippen LogP contribution in [0.1, 0.15) is 25.0 Å². The summed E-state index contributed by atoms with van der Waals surface area (Å²) in [5, 5.41) is 5.00. The van der Waals surface area contributed by atoms with Gasteiger partial charge in [-0.25, -0.2) is 0 Å². The summed E-state index contributed by atoms with van der Waals surface area (Å²) >= 11 is 0. The normalized spacial score (nSPS) is 12.9. The zero-order valence-electron chi connectivity index (χ0n) is 32.0. The van der Waals surface area contributed by atoms with Crippen LogP contribution in [0.15, 0.2) is 206 Å². The van der Waals surface area contributed by atoms with Crippen LogP contribution < -0.4 is 4.90 Å². The van der Waals surface area contributed by atoms with E-state index >= 15 is 0 Å². The lowest BCUT2D eigenvalue weighted by Gasteiger charge is -2.28. The van der Waals surface area contributed by atoms with E-state index < -0.39 is 0 Å². The average Bonchev–Trinajstić information content (AvgIpc) is 3.72. The maximum Gasteiger partial charge on any atom is 0.0547 e. The number of nitrogens with zero attached hydrogens (tertiary/aromatic N) is 2. The number of para-hydroxylation sites is 2. The highest BCUT2D eigenvalue weighted by atomic mass is 15.1. The zero-order chi connectivity index (χ0) is 38.1. The molecule has 0 saturated heterocycles. The van der Waals surface area contributed by atoms with Crippen molar-refractivity contribution in [1.29, 1.82) is 0 Å². The molecule has 9 aromatic carbocycles. The Hall–Kier alpha value is -7.16. The number of benzene rings is 9. The van der Waals surface area contributed by atoms with Gasteiger partial charge in [0, 0.05) is 38.9 Å². The maximum absolute atomic E-state index is 2.41. The molecule has 0 unspecified atom stereocenters. The quantitative estimate of drug-likeness (QED) is 0.165. The first-order chi connectivity index (χ1) is 28.0. The number of anilines is 3. The van der Waals surface area contributed by atoms with E-state index in [4.69, 9.17) is 0 Å². The maximum atomic E-state index is 2.41. The van der Waals surface area contributed by atoms with E-state index in [1.807, 2.05) is 0 Å². The molecule has 2 nitrogen and oxygen atoms in total. The van der Waals surface area contributed by atoms with Gasteiger partial charge in [-0.2, -0.15) is 0 Å². The first-order valence-corrected chi connectivity index (χ1v) is 19.8. The number of hydrogen-bond donors (Lipinski definition) is 0. The summed E-state index contributed by atoms with van der Waals surface area (Å²) in [7, 11) is 0. The third-order valence-corrected chi connectivity index (χ3v) is 12.2. The summed E-state index contributed by atoms with van der Waals surface area (Å²) < 4.78 is 2.38. The Balaban J connectivity index is 0.951. The zero-order valence-corrected chi connectivity index (χ0v) is 32.0. The highest BCUT2D eigenvalue weighted by Crippen LogP contribution is 2.50. The van der Waals surface area contributed by atoms with Gasteiger partial charge in [-0.05, 0) is 116 Å². The van der Waals surface area contributed by atoms with E-state index in [9.17, 15) is 0 Å². The molecule has 0 N–H and O–H groups in total. The smallest absolute Gasteiger partial charge is 0.0547 e. The van der Waals surface area contributed by atoms with Gasteiger partial charge in [0.05, 0.1) is 11.0 Å². The van der Waals surface area contributed by atoms with Gasteiger partial charge in [-0.15, -0.1) is 0 Å². The molecule has 0 fully saturated rings. The second-order valence-corrected chi connectivity index (χ2v) is 15.8. The van der Waals surface area contributed by atoms with Crippen LogP contribution >= 0.6 is 0 Å². The minimum Gasteiger partial charge on any atom is -0.310 e. The van der Waals surface area contributed by atoms with Crippen LogP contribution in [0.2, 0.25) is 0 Å². The second-order valence-electron chi connectivity index (χ2n) is 15.8. The van der Waals surface area contributed by atoms with Gasteiger partial charge in [-0.3, -0.25) is 0 Å². The van der Waals surface area contributed by atoms with Crippen LogP contribution in [0.5, 0.6) is 0 Å². The van der Waals surface area contributed by atoms with Crippen molar-refractivity contribution >= 4 is 49.6 Å². The molecule has 2 heteroatoms. The van der Waals surface area contributed by atoms with Gasteiger partial charge in [0.2, 0.25) is 0 Å². The number of aromatic nitrogens is 1. The molecule has 270 valence electrons. The van der Waals surface area contributed by atoms with Crippen LogP contribution in [0.3, 0.4) is 0 Å². The van der Waals surface area contributed by atoms with E-state index in [1.165, 1.54) is 82.8 Å². The summed E-state index contributed by atoms with van der Waals surface area (Å²) in [6.45, 7) is 4.70. The lowest BCUT2D eigenvalue weighted by molar-refractivity contribution is 0.660. The van der Waals surface area contributed by atoms with Gasteiger partial charge in [0.25, 0.3) is 0 Å². The van der Waals surface area contributed by atoms with E-state index in [-0.39, 0.29) is 5.41 Å². The molecule has 11 rings (SSSR count). The third-order valence-electron chi connectivity index (χ3n) is 12.2. The number of rotatable bonds is 6. The fourth-order valence-electron chi connectivity index (χ4n) is 9.26. The molecule has 0 bridgehead atoms. The standard InChI is InChI=1S/C55H40N2/c1-55(2)51-18-10-8-16-47(51)48-33-31-46(36-52(48)55)56(45-30-26-37-12-6-7-13-41(37)34-45)44-28-24-39(25-29-44)38-20-22-40(23-21-38)42-27-32-50-49-17-9-11-19-53(49)57(54(50)35-42)43-14-4-3-5-15-43/h3-36H,1-2H3. The first kappa shape index (κ1) is 33.2. The number of hydrogen-bond acceptors (Lipinski definition) is 1. The van der Waals surface area contributed by atoms with Crippen LogP contribution in [0.4, 0.5) is 17.1 Å². The molecule has 0 aliphatic heterocycles. The minimum absolute atomic E-state index is 0.0842. The molecule has 1 heterocycles. The van der Waals surface area contributed by atoms with Crippen molar-refractivity contribution < 1.29 is 0 Å². The Kier molecular flexibility index (Phi) is 7.55. The van der Waals surface area contributed by atoms with Crippen molar-refractivity contribution in [1.82, 2.24) is 4.57 Å². The molecule has 0 amide bonds. The van der Waals surface area contributed by atoms with Crippen molar-refractivity contribution in [3.63, 3.8) is 0 Å².